The van der Waals surface area contributed by atoms with E-state index in [0.717, 1.165) is 0 Å². The van der Waals surface area contributed by atoms with Crippen LogP contribution in [0.3, 0.4) is 0 Å². The van der Waals surface area contributed by atoms with Crippen molar-refractivity contribution in [2.24, 2.45) is 0 Å². The van der Waals surface area contributed by atoms with Gasteiger partial charge in [-0.3, -0.25) is 14.9 Å². The number of anilines is 1. The van der Waals surface area contributed by atoms with Gasteiger partial charge in [0.25, 0.3) is 5.91 Å². The molecule has 1 unspecified atom stereocenters. The zero-order valence-corrected chi connectivity index (χ0v) is 17.3. The van der Waals surface area contributed by atoms with Crippen LogP contribution in [0.4, 0.5) is 18.3 Å². The van der Waals surface area contributed by atoms with Crippen LogP contribution in [-0.2, 0) is 11.0 Å². The number of benzene rings is 1. The standard InChI is InChI=1S/C15H13Cl2F3N4O2S2/c1-27-5-4-10(21-11(25)8-3-2-7(16)6-9(8)17)12(26)22-14-24-23-13(28-14)15(18,19)20/h2-3,6,10H,4-5H2,1H3,(H,21,25)(H,22,24,26). The lowest BCUT2D eigenvalue weighted by atomic mass is 10.1. The molecule has 0 saturated carbocycles. The Balaban J connectivity index is 2.12. The molecule has 0 spiro atoms. The molecule has 0 aliphatic rings. The Bertz CT molecular complexity index is 864. The van der Waals surface area contributed by atoms with Crippen LogP contribution in [0.1, 0.15) is 21.8 Å². The van der Waals surface area contributed by atoms with Gasteiger partial charge in [0.2, 0.25) is 16.0 Å². The SMILES string of the molecule is CSCCC(NC(=O)c1ccc(Cl)cc1Cl)C(=O)Nc1nnc(C(F)(F)F)s1. The maximum atomic E-state index is 12.6. The lowest BCUT2D eigenvalue weighted by Gasteiger charge is -2.17. The first-order valence-corrected chi connectivity index (χ1v) is 10.5. The Hall–Kier alpha value is -1.56. The highest BCUT2D eigenvalue weighted by molar-refractivity contribution is 7.98. The molecule has 13 heteroatoms. The van der Waals surface area contributed by atoms with E-state index in [0.29, 0.717) is 10.8 Å². The highest BCUT2D eigenvalue weighted by Crippen LogP contribution is 2.33. The van der Waals surface area contributed by atoms with Gasteiger partial charge in [-0.05, 0) is 36.6 Å². The number of hydrogen-bond acceptors (Lipinski definition) is 6. The molecular formula is C15H13Cl2F3N4O2S2. The van der Waals surface area contributed by atoms with Crippen LogP contribution in [0.15, 0.2) is 18.2 Å². The van der Waals surface area contributed by atoms with E-state index in [-0.39, 0.29) is 33.5 Å². The highest BCUT2D eigenvalue weighted by Gasteiger charge is 2.36. The summed E-state index contributed by atoms with van der Waals surface area (Å²) < 4.78 is 37.8. The molecule has 0 aliphatic carbocycles. The summed E-state index contributed by atoms with van der Waals surface area (Å²) in [5, 5.41) is 10.0. The van der Waals surface area contributed by atoms with Crippen LogP contribution in [0.25, 0.3) is 0 Å². The van der Waals surface area contributed by atoms with Crippen LogP contribution in [0.5, 0.6) is 0 Å². The number of halogens is 5. The topological polar surface area (TPSA) is 84.0 Å². The predicted molar refractivity (Wildman–Crippen MR) is 104 cm³/mol. The third kappa shape index (κ3) is 6.23. The van der Waals surface area contributed by atoms with Gasteiger partial charge >= 0.3 is 6.18 Å². The molecule has 1 aromatic carbocycles. The quantitative estimate of drug-likeness (QED) is 0.625. The van der Waals surface area contributed by atoms with Crippen molar-refractivity contribution in [1.29, 1.82) is 0 Å². The van der Waals surface area contributed by atoms with Crippen LogP contribution >= 0.6 is 46.3 Å². The van der Waals surface area contributed by atoms with E-state index >= 15 is 0 Å². The van der Waals surface area contributed by atoms with Crippen LogP contribution < -0.4 is 10.6 Å². The van der Waals surface area contributed by atoms with E-state index in [9.17, 15) is 22.8 Å². The molecule has 28 heavy (non-hydrogen) atoms. The molecule has 0 bridgehead atoms. The maximum absolute atomic E-state index is 12.6. The van der Waals surface area contributed by atoms with Gasteiger partial charge in [-0.1, -0.05) is 34.5 Å². The maximum Gasteiger partial charge on any atom is 0.445 e. The van der Waals surface area contributed by atoms with Crippen molar-refractivity contribution in [2.45, 2.75) is 18.6 Å². The average molecular weight is 473 g/mol. The van der Waals surface area contributed by atoms with E-state index in [1.165, 1.54) is 30.0 Å². The minimum Gasteiger partial charge on any atom is -0.340 e. The zero-order valence-electron chi connectivity index (χ0n) is 14.1. The number of nitrogens with one attached hydrogen (secondary N) is 2. The average Bonchev–Trinajstić information content (AvgIpc) is 3.07. The van der Waals surface area contributed by atoms with Gasteiger partial charge in [-0.2, -0.15) is 24.9 Å². The number of amides is 2. The summed E-state index contributed by atoms with van der Waals surface area (Å²) in [6.45, 7) is 0. The molecule has 6 nitrogen and oxygen atoms in total. The summed E-state index contributed by atoms with van der Waals surface area (Å²) in [7, 11) is 0. The summed E-state index contributed by atoms with van der Waals surface area (Å²) in [5.74, 6) is -0.801. The van der Waals surface area contributed by atoms with Crippen molar-refractivity contribution in [2.75, 3.05) is 17.3 Å². The predicted octanol–water partition coefficient (Wildman–Crippen LogP) is 4.35. The van der Waals surface area contributed by atoms with Crippen molar-refractivity contribution < 1.29 is 22.8 Å². The fourth-order valence-electron chi connectivity index (χ4n) is 1.99. The zero-order chi connectivity index (χ0) is 20.9. The number of hydrogen-bond donors (Lipinski definition) is 2. The first-order chi connectivity index (χ1) is 13.1. The fraction of sp³-hybridized carbons (Fsp3) is 0.333. The van der Waals surface area contributed by atoms with Gasteiger partial charge in [-0.25, -0.2) is 0 Å². The van der Waals surface area contributed by atoms with E-state index in [4.69, 9.17) is 23.2 Å². The molecule has 1 atom stereocenters. The first-order valence-electron chi connectivity index (χ1n) is 7.58. The first kappa shape index (κ1) is 22.7. The van der Waals surface area contributed by atoms with Gasteiger partial charge in [0.05, 0.1) is 10.6 Å². The molecule has 2 amide bonds. The van der Waals surface area contributed by atoms with Crippen molar-refractivity contribution in [3.63, 3.8) is 0 Å². The molecule has 0 aliphatic heterocycles. The third-order valence-corrected chi connectivity index (χ3v) is 5.38. The number of carbonyl (C=O) groups is 2. The number of nitrogens with zero attached hydrogens (tertiary/aromatic N) is 2. The summed E-state index contributed by atoms with van der Waals surface area (Å²) >= 11 is 13.4. The van der Waals surface area contributed by atoms with Crippen molar-refractivity contribution >= 4 is 63.2 Å². The molecule has 0 fully saturated rings. The van der Waals surface area contributed by atoms with Crippen LogP contribution in [0.2, 0.25) is 10.0 Å². The number of carbonyl (C=O) groups excluding carboxylic acids is 2. The molecule has 2 aromatic rings. The molecule has 2 rings (SSSR count). The van der Waals surface area contributed by atoms with Gasteiger partial charge in [-0.15, -0.1) is 10.2 Å². The molecule has 1 heterocycles. The van der Waals surface area contributed by atoms with Gasteiger partial charge in [0, 0.05) is 5.02 Å². The lowest BCUT2D eigenvalue weighted by molar-refractivity contribution is -0.138. The Morgan fingerprint density at radius 1 is 1.29 bits per heavy atom. The van der Waals surface area contributed by atoms with E-state index < -0.39 is 29.0 Å². The van der Waals surface area contributed by atoms with E-state index in [1.807, 2.05) is 6.26 Å². The number of thioether (sulfide) groups is 1. The van der Waals surface area contributed by atoms with Crippen molar-refractivity contribution in [3.8, 4) is 0 Å². The smallest absolute Gasteiger partial charge is 0.340 e. The van der Waals surface area contributed by atoms with Gasteiger partial charge in [0.1, 0.15) is 6.04 Å². The Morgan fingerprint density at radius 2 is 2.00 bits per heavy atom. The third-order valence-electron chi connectivity index (χ3n) is 3.31. The highest BCUT2D eigenvalue weighted by atomic mass is 35.5. The summed E-state index contributed by atoms with van der Waals surface area (Å²) in [4.78, 5) is 24.9. The van der Waals surface area contributed by atoms with E-state index in [2.05, 4.69) is 20.8 Å². The molecular weight excluding hydrogens is 460 g/mol. The molecule has 0 radical (unpaired) electrons. The molecule has 152 valence electrons. The Labute approximate surface area is 176 Å². The summed E-state index contributed by atoms with van der Waals surface area (Å²) in [6, 6.07) is 3.25. The van der Waals surface area contributed by atoms with Crippen molar-refractivity contribution in [3.05, 3.63) is 38.8 Å². The Morgan fingerprint density at radius 3 is 2.57 bits per heavy atom. The van der Waals surface area contributed by atoms with Crippen LogP contribution in [0, 0.1) is 0 Å². The number of alkyl halides is 3. The Kier molecular flexibility index (Phi) is 7.93. The van der Waals surface area contributed by atoms with Crippen molar-refractivity contribution in [1.82, 2.24) is 15.5 Å². The van der Waals surface area contributed by atoms with Gasteiger partial charge in [0.15, 0.2) is 0 Å². The normalized spacial score (nSPS) is 12.5. The second kappa shape index (κ2) is 9.77. The number of rotatable bonds is 7. The second-order valence-corrected chi connectivity index (χ2v) is 8.14. The number of aromatic nitrogens is 2. The monoisotopic (exact) mass is 472 g/mol. The van der Waals surface area contributed by atoms with E-state index in [1.54, 1.807) is 0 Å². The minimum atomic E-state index is -4.65. The molecule has 2 N–H and O–H groups in total. The summed E-state index contributed by atoms with van der Waals surface area (Å²) in [5.41, 5.74) is 0.114. The summed E-state index contributed by atoms with van der Waals surface area (Å²) in [6.07, 6.45) is -2.60. The molecule has 0 saturated heterocycles. The minimum absolute atomic E-state index is 0.105. The lowest BCUT2D eigenvalue weighted by Crippen LogP contribution is -2.44. The van der Waals surface area contributed by atoms with Crippen LogP contribution in [-0.4, -0.2) is 40.1 Å². The fourth-order valence-corrected chi connectivity index (χ4v) is 3.57. The second-order valence-electron chi connectivity index (χ2n) is 5.33. The van der Waals surface area contributed by atoms with Gasteiger partial charge < -0.3 is 5.32 Å². The molecule has 1 aromatic heterocycles. The largest absolute Gasteiger partial charge is 0.445 e.